The van der Waals surface area contributed by atoms with Crippen LogP contribution in [0.4, 0.5) is 4.39 Å². The summed E-state index contributed by atoms with van der Waals surface area (Å²) in [5, 5.41) is 19.8. The van der Waals surface area contributed by atoms with E-state index in [0.717, 1.165) is 0 Å². The third kappa shape index (κ3) is 2.31. The highest BCUT2D eigenvalue weighted by molar-refractivity contribution is 6.30. The first-order chi connectivity index (χ1) is 10.8. The molecular formula is C16H11ClFNO4. The number of esters is 1. The van der Waals surface area contributed by atoms with E-state index in [0.29, 0.717) is 5.02 Å². The van der Waals surface area contributed by atoms with Crippen LogP contribution in [0.15, 0.2) is 48.0 Å². The van der Waals surface area contributed by atoms with Gasteiger partial charge >= 0.3 is 5.97 Å². The molecule has 1 atom stereocenters. The highest BCUT2D eigenvalue weighted by Crippen LogP contribution is 2.41. The zero-order valence-corrected chi connectivity index (χ0v) is 12.6. The van der Waals surface area contributed by atoms with Crippen molar-refractivity contribution in [3.63, 3.8) is 0 Å². The summed E-state index contributed by atoms with van der Waals surface area (Å²) in [5.41, 5.74) is -1.49. The summed E-state index contributed by atoms with van der Waals surface area (Å²) >= 11 is 5.89. The Balaban J connectivity index is 2.17. The van der Waals surface area contributed by atoms with Crippen LogP contribution in [0.25, 0.3) is 11.3 Å². The molecule has 1 aromatic carbocycles. The molecule has 5 nitrogen and oxygen atoms in total. The quantitative estimate of drug-likeness (QED) is 0.819. The van der Waals surface area contributed by atoms with Crippen LogP contribution >= 0.6 is 11.6 Å². The second kappa shape index (κ2) is 5.24. The van der Waals surface area contributed by atoms with Gasteiger partial charge in [-0.25, -0.2) is 9.18 Å². The van der Waals surface area contributed by atoms with Crippen molar-refractivity contribution in [2.45, 2.75) is 12.5 Å². The molecule has 1 aliphatic heterocycles. The van der Waals surface area contributed by atoms with Gasteiger partial charge in [0, 0.05) is 22.3 Å². The smallest absolute Gasteiger partial charge is 0.378 e. The van der Waals surface area contributed by atoms with E-state index < -0.39 is 28.9 Å². The number of hydrogen-bond donors (Lipinski definition) is 2. The predicted octanol–water partition coefficient (Wildman–Crippen LogP) is 3.64. The Labute approximate surface area is 135 Å². The monoisotopic (exact) mass is 335 g/mol. The number of ether oxygens (including phenoxy) is 1. The van der Waals surface area contributed by atoms with E-state index in [1.54, 1.807) is 6.07 Å². The van der Waals surface area contributed by atoms with Crippen LogP contribution in [-0.4, -0.2) is 21.2 Å². The van der Waals surface area contributed by atoms with E-state index in [9.17, 15) is 19.4 Å². The summed E-state index contributed by atoms with van der Waals surface area (Å²) in [4.78, 5) is 15.5. The number of carbonyl (C=O) groups excluding carboxylic acids is 1. The first-order valence-electron chi connectivity index (χ1n) is 6.61. The maximum Gasteiger partial charge on any atom is 0.378 e. The molecular weight excluding hydrogens is 325 g/mol. The van der Waals surface area contributed by atoms with Crippen molar-refractivity contribution in [1.82, 2.24) is 4.98 Å². The number of halogens is 2. The van der Waals surface area contributed by atoms with Gasteiger partial charge in [-0.2, -0.15) is 0 Å². The van der Waals surface area contributed by atoms with Gasteiger partial charge in [0.05, 0.1) is 5.69 Å². The number of carbonyl (C=O) groups is 1. The second-order valence-electron chi connectivity index (χ2n) is 5.15. The number of cyclic esters (lactones) is 1. The van der Waals surface area contributed by atoms with Crippen molar-refractivity contribution in [3.8, 4) is 11.3 Å². The van der Waals surface area contributed by atoms with Crippen molar-refractivity contribution in [3.05, 3.63) is 64.5 Å². The van der Waals surface area contributed by atoms with Crippen LogP contribution in [-0.2, 0) is 15.1 Å². The molecule has 7 heteroatoms. The van der Waals surface area contributed by atoms with Gasteiger partial charge in [-0.1, -0.05) is 23.7 Å². The lowest BCUT2D eigenvalue weighted by Gasteiger charge is -2.24. The lowest BCUT2D eigenvalue weighted by Crippen LogP contribution is -2.27. The standard InChI is InChI=1S/C16H11ClFNO4/c1-16(14(21)13(20)15(22)23-16)10-4-2-3-9(12(10)18)11-7-8(17)5-6-19-11/h2-7,20-21H,1H3. The normalized spacial score (nSPS) is 20.7. The third-order valence-electron chi connectivity index (χ3n) is 3.68. The minimum atomic E-state index is -1.81. The molecule has 1 aromatic heterocycles. The molecule has 3 rings (SSSR count). The molecule has 0 amide bonds. The van der Waals surface area contributed by atoms with Crippen LogP contribution in [0.3, 0.4) is 0 Å². The van der Waals surface area contributed by atoms with Crippen molar-refractivity contribution < 1.29 is 24.1 Å². The van der Waals surface area contributed by atoms with Crippen LogP contribution in [0.1, 0.15) is 12.5 Å². The van der Waals surface area contributed by atoms with Crippen molar-refractivity contribution in [2.24, 2.45) is 0 Å². The van der Waals surface area contributed by atoms with Crippen LogP contribution in [0.2, 0.25) is 5.02 Å². The van der Waals surface area contributed by atoms with E-state index in [4.69, 9.17) is 16.3 Å². The molecule has 2 N–H and O–H groups in total. The predicted molar refractivity (Wildman–Crippen MR) is 80.4 cm³/mol. The van der Waals surface area contributed by atoms with E-state index in [1.165, 1.54) is 37.4 Å². The molecule has 1 unspecified atom stereocenters. The number of rotatable bonds is 2. The number of aromatic nitrogens is 1. The first-order valence-corrected chi connectivity index (χ1v) is 6.99. The fourth-order valence-electron chi connectivity index (χ4n) is 2.44. The number of nitrogens with zero attached hydrogens (tertiary/aromatic N) is 1. The summed E-state index contributed by atoms with van der Waals surface area (Å²) in [6.07, 6.45) is 1.43. The molecule has 0 spiro atoms. The van der Waals surface area contributed by atoms with Gasteiger partial charge in [0.25, 0.3) is 0 Å². The van der Waals surface area contributed by atoms with E-state index in [1.807, 2.05) is 0 Å². The van der Waals surface area contributed by atoms with E-state index >= 15 is 0 Å². The maximum atomic E-state index is 14.9. The first kappa shape index (κ1) is 15.3. The maximum absolute atomic E-state index is 14.9. The Bertz CT molecular complexity index is 852. The molecule has 0 saturated carbocycles. The molecule has 0 fully saturated rings. The van der Waals surface area contributed by atoms with Gasteiger partial charge < -0.3 is 14.9 Å². The van der Waals surface area contributed by atoms with Crippen molar-refractivity contribution in [2.75, 3.05) is 0 Å². The minimum absolute atomic E-state index is 0.105. The molecule has 2 aromatic rings. The lowest BCUT2D eigenvalue weighted by atomic mass is 9.91. The Morgan fingerprint density at radius 1 is 1.30 bits per heavy atom. The van der Waals surface area contributed by atoms with Gasteiger partial charge in [0.1, 0.15) is 5.82 Å². The highest BCUT2D eigenvalue weighted by atomic mass is 35.5. The molecule has 2 heterocycles. The molecule has 0 saturated heterocycles. The molecule has 0 aliphatic carbocycles. The van der Waals surface area contributed by atoms with Crippen LogP contribution in [0.5, 0.6) is 0 Å². The summed E-state index contributed by atoms with van der Waals surface area (Å²) in [6, 6.07) is 7.40. The molecule has 0 bridgehead atoms. The topological polar surface area (TPSA) is 79.7 Å². The fourth-order valence-corrected chi connectivity index (χ4v) is 2.60. The van der Waals surface area contributed by atoms with Gasteiger partial charge in [-0.05, 0) is 25.1 Å². The van der Waals surface area contributed by atoms with E-state index in [-0.39, 0.29) is 16.8 Å². The largest absolute Gasteiger partial charge is 0.505 e. The Hall–Kier alpha value is -2.60. The lowest BCUT2D eigenvalue weighted by molar-refractivity contribution is -0.149. The van der Waals surface area contributed by atoms with Crippen LogP contribution in [0, 0.1) is 5.82 Å². The Morgan fingerprint density at radius 2 is 2.04 bits per heavy atom. The van der Waals surface area contributed by atoms with Gasteiger partial charge in [0.15, 0.2) is 11.4 Å². The van der Waals surface area contributed by atoms with E-state index in [2.05, 4.69) is 4.98 Å². The second-order valence-corrected chi connectivity index (χ2v) is 5.58. The summed E-state index contributed by atoms with van der Waals surface area (Å²) in [6.45, 7) is 1.29. The average Bonchev–Trinajstić information content (AvgIpc) is 2.71. The zero-order chi connectivity index (χ0) is 16.8. The number of aliphatic hydroxyl groups excluding tert-OH is 2. The summed E-state index contributed by atoms with van der Waals surface area (Å²) < 4.78 is 19.9. The third-order valence-corrected chi connectivity index (χ3v) is 3.91. The van der Waals surface area contributed by atoms with Crippen LogP contribution < -0.4 is 0 Å². The number of hydrogen-bond acceptors (Lipinski definition) is 5. The van der Waals surface area contributed by atoms with Crippen molar-refractivity contribution in [1.29, 1.82) is 0 Å². The molecule has 0 radical (unpaired) electrons. The summed E-state index contributed by atoms with van der Waals surface area (Å²) in [5.74, 6) is -3.52. The van der Waals surface area contributed by atoms with Gasteiger partial charge in [-0.3, -0.25) is 4.98 Å². The summed E-state index contributed by atoms with van der Waals surface area (Å²) in [7, 11) is 0. The van der Waals surface area contributed by atoms with Crippen molar-refractivity contribution >= 4 is 17.6 Å². The van der Waals surface area contributed by atoms with Gasteiger partial charge in [-0.15, -0.1) is 0 Å². The molecule has 118 valence electrons. The number of benzene rings is 1. The highest BCUT2D eigenvalue weighted by Gasteiger charge is 2.48. The fraction of sp³-hybridized carbons (Fsp3) is 0.125. The number of aliphatic hydroxyl groups is 2. The van der Waals surface area contributed by atoms with Gasteiger partial charge in [0.2, 0.25) is 5.76 Å². The SMILES string of the molecule is CC1(c2cccc(-c3cc(Cl)ccn3)c2F)OC(=O)C(O)=C1O. The minimum Gasteiger partial charge on any atom is -0.505 e. The molecule has 23 heavy (non-hydrogen) atoms. The average molecular weight is 336 g/mol. The molecule has 1 aliphatic rings. The Kier molecular flexibility index (Phi) is 3.49. The zero-order valence-electron chi connectivity index (χ0n) is 11.9. The number of pyridine rings is 1. The Morgan fingerprint density at radius 3 is 2.65 bits per heavy atom.